The molecule has 1 spiro atoms. The number of hydrogen-bond donors (Lipinski definition) is 0. The third kappa shape index (κ3) is 2.10. The van der Waals surface area contributed by atoms with Crippen LogP contribution in [0.25, 0.3) is 0 Å². The van der Waals surface area contributed by atoms with Gasteiger partial charge in [-0.3, -0.25) is 9.59 Å². The zero-order valence-corrected chi connectivity index (χ0v) is 18.7. The van der Waals surface area contributed by atoms with Gasteiger partial charge in [-0.25, -0.2) is 4.79 Å². The number of carbonyl (C=O) groups is 3. The van der Waals surface area contributed by atoms with Crippen LogP contribution in [-0.4, -0.2) is 24.1 Å². The van der Waals surface area contributed by atoms with E-state index in [1.165, 1.54) is 0 Å². The van der Waals surface area contributed by atoms with E-state index in [1.54, 1.807) is 6.08 Å². The molecule has 4 nitrogen and oxygen atoms in total. The first-order valence-corrected chi connectivity index (χ1v) is 11.2. The van der Waals surface area contributed by atoms with Gasteiger partial charge < -0.3 is 4.74 Å². The number of rotatable bonds is 1. The molecule has 0 radical (unpaired) electrons. The lowest BCUT2D eigenvalue weighted by atomic mass is 9.34. The lowest BCUT2D eigenvalue weighted by Crippen LogP contribution is -2.67. The second kappa shape index (κ2) is 5.63. The first-order valence-electron chi connectivity index (χ1n) is 11.2. The molecule has 0 aromatic heterocycles. The Hall–Kier alpha value is -1.97. The predicted molar refractivity (Wildman–Crippen MR) is 113 cm³/mol. The van der Waals surface area contributed by atoms with E-state index in [0.717, 1.165) is 24.8 Å². The number of Topliss-reactive ketones (excluding diaryl/α,β-unsaturated/α-hetero) is 1. The highest BCUT2D eigenvalue weighted by Crippen LogP contribution is 2.73. The van der Waals surface area contributed by atoms with Crippen LogP contribution in [0.4, 0.5) is 0 Å². The van der Waals surface area contributed by atoms with Crippen LogP contribution in [-0.2, 0) is 19.1 Å². The minimum atomic E-state index is -0.664. The van der Waals surface area contributed by atoms with E-state index in [9.17, 15) is 14.4 Å². The molecule has 1 aliphatic heterocycles. The Morgan fingerprint density at radius 3 is 2.53 bits per heavy atom. The van der Waals surface area contributed by atoms with Crippen LogP contribution in [0.15, 0.2) is 36.0 Å². The second-order valence-electron chi connectivity index (χ2n) is 11.6. The fraction of sp³-hybridized carbons (Fsp3) is 0.654. The van der Waals surface area contributed by atoms with Crippen LogP contribution in [0.2, 0.25) is 0 Å². The van der Waals surface area contributed by atoms with Crippen LogP contribution in [0.3, 0.4) is 0 Å². The number of allylic oxidation sites excluding steroid dienone is 4. The monoisotopic (exact) mass is 408 g/mol. The number of ether oxygens (including phenoxy) is 1. The molecule has 0 unspecified atom stereocenters. The number of fused-ring (bicyclic) bond motifs is 4. The summed E-state index contributed by atoms with van der Waals surface area (Å²) in [5, 5.41) is 0. The Morgan fingerprint density at radius 2 is 1.87 bits per heavy atom. The smallest absolute Gasteiger partial charge is 0.334 e. The summed E-state index contributed by atoms with van der Waals surface area (Å²) in [6.45, 7) is 15.0. The van der Waals surface area contributed by atoms with Crippen molar-refractivity contribution in [1.82, 2.24) is 0 Å². The van der Waals surface area contributed by atoms with Gasteiger partial charge in [-0.05, 0) is 61.9 Å². The summed E-state index contributed by atoms with van der Waals surface area (Å²) < 4.78 is 5.54. The van der Waals surface area contributed by atoms with Crippen molar-refractivity contribution in [2.45, 2.75) is 53.9 Å². The highest BCUT2D eigenvalue weighted by Gasteiger charge is 2.71. The Bertz CT molecular complexity index is 968. The van der Waals surface area contributed by atoms with Crippen LogP contribution < -0.4 is 0 Å². The number of hydrogen-bond acceptors (Lipinski definition) is 4. The third-order valence-electron chi connectivity index (χ3n) is 9.61. The van der Waals surface area contributed by atoms with E-state index < -0.39 is 10.8 Å². The van der Waals surface area contributed by atoms with E-state index in [2.05, 4.69) is 33.4 Å². The fourth-order valence-electron chi connectivity index (χ4n) is 8.48. The third-order valence-corrected chi connectivity index (χ3v) is 9.61. The standard InChI is InChI=1S/C26H32O4/c1-14(2)19-20-25(6)9-8-18(27)23(3,4)17(25)7-10-26(20)13-24(5,21(19)28)11-15-16(26)12-30-22(15)29/h8-9,11,16-17,19-20H,1,7,10,12-13H2,2-6H3/t16-,17+,19+,20+,24-,25+,26+/m1/s1. The minimum absolute atomic E-state index is 0.00801. The van der Waals surface area contributed by atoms with E-state index in [4.69, 9.17) is 4.74 Å². The van der Waals surface area contributed by atoms with Gasteiger partial charge in [0.1, 0.15) is 5.78 Å². The topological polar surface area (TPSA) is 60.4 Å². The first kappa shape index (κ1) is 20.0. The van der Waals surface area contributed by atoms with E-state index in [0.29, 0.717) is 12.2 Å². The quantitative estimate of drug-likeness (QED) is 0.475. The molecule has 5 aliphatic rings. The molecule has 2 bridgehead atoms. The molecule has 0 N–H and O–H groups in total. The minimum Gasteiger partial charge on any atom is -0.462 e. The highest BCUT2D eigenvalue weighted by molar-refractivity contribution is 5.99. The molecule has 0 aromatic carbocycles. The molecule has 2 saturated carbocycles. The zero-order chi connectivity index (χ0) is 21.9. The maximum absolute atomic E-state index is 13.9. The molecular weight excluding hydrogens is 376 g/mol. The molecule has 1 saturated heterocycles. The molecule has 160 valence electrons. The summed E-state index contributed by atoms with van der Waals surface area (Å²) in [6, 6.07) is 0. The van der Waals surface area contributed by atoms with Crippen molar-refractivity contribution in [3.63, 3.8) is 0 Å². The molecule has 3 fully saturated rings. The average molecular weight is 409 g/mol. The van der Waals surface area contributed by atoms with Crippen LogP contribution >= 0.6 is 0 Å². The van der Waals surface area contributed by atoms with Crippen LogP contribution in [0, 0.1) is 45.3 Å². The molecule has 1 heterocycles. The van der Waals surface area contributed by atoms with Gasteiger partial charge in [0.2, 0.25) is 0 Å². The number of ketones is 2. The highest BCUT2D eigenvalue weighted by atomic mass is 16.5. The van der Waals surface area contributed by atoms with Crippen molar-refractivity contribution in [2.24, 2.45) is 45.3 Å². The SMILES string of the molecule is C=C(C)[C@@H]1C(=O)[C@]2(C)C=C3C(=O)OC[C@H]3[C@]3(CC[C@H]4C(C)(C)C(=O)C=C[C@]4(C)[C@H]13)C2. The maximum Gasteiger partial charge on any atom is 0.334 e. The maximum atomic E-state index is 13.9. The van der Waals surface area contributed by atoms with E-state index in [1.807, 2.05) is 19.9 Å². The van der Waals surface area contributed by atoms with Gasteiger partial charge in [0.25, 0.3) is 0 Å². The van der Waals surface area contributed by atoms with Crippen molar-refractivity contribution < 1.29 is 19.1 Å². The summed E-state index contributed by atoms with van der Waals surface area (Å²) >= 11 is 0. The summed E-state index contributed by atoms with van der Waals surface area (Å²) in [5.74, 6) is -0.0102. The second-order valence-corrected chi connectivity index (χ2v) is 11.6. The van der Waals surface area contributed by atoms with Gasteiger partial charge in [0.15, 0.2) is 5.78 Å². The zero-order valence-electron chi connectivity index (χ0n) is 18.7. The average Bonchev–Trinajstić information content (AvgIpc) is 3.01. The Balaban J connectivity index is 1.79. The predicted octanol–water partition coefficient (Wildman–Crippen LogP) is 4.45. The summed E-state index contributed by atoms with van der Waals surface area (Å²) in [7, 11) is 0. The van der Waals surface area contributed by atoms with Gasteiger partial charge in [-0.2, -0.15) is 0 Å². The van der Waals surface area contributed by atoms with Crippen molar-refractivity contribution in [3.8, 4) is 0 Å². The van der Waals surface area contributed by atoms with Gasteiger partial charge in [0, 0.05) is 28.2 Å². The van der Waals surface area contributed by atoms with Gasteiger partial charge >= 0.3 is 5.97 Å². The lowest BCUT2D eigenvalue weighted by Gasteiger charge is -2.68. The number of cyclic esters (lactones) is 1. The number of esters is 1. The van der Waals surface area contributed by atoms with Crippen LogP contribution in [0.1, 0.15) is 53.9 Å². The largest absolute Gasteiger partial charge is 0.462 e. The molecule has 4 heteroatoms. The molecule has 7 atom stereocenters. The van der Waals surface area contributed by atoms with E-state index >= 15 is 0 Å². The molecule has 0 aromatic rings. The molecule has 30 heavy (non-hydrogen) atoms. The van der Waals surface area contributed by atoms with Crippen molar-refractivity contribution >= 4 is 17.5 Å². The van der Waals surface area contributed by atoms with Gasteiger partial charge in [-0.15, -0.1) is 0 Å². The molecule has 5 rings (SSSR count). The summed E-state index contributed by atoms with van der Waals surface area (Å²) in [5.41, 5.74) is -0.0443. The normalized spacial score (nSPS) is 48.3. The van der Waals surface area contributed by atoms with E-state index in [-0.39, 0.29) is 52.0 Å². The van der Waals surface area contributed by atoms with Gasteiger partial charge in [0.05, 0.1) is 6.61 Å². The Labute approximate surface area is 178 Å². The molecule has 0 amide bonds. The Kier molecular flexibility index (Phi) is 3.75. The molecule has 4 aliphatic carbocycles. The molecular formula is C26H32O4. The first-order chi connectivity index (χ1) is 13.9. The van der Waals surface area contributed by atoms with Crippen LogP contribution in [0.5, 0.6) is 0 Å². The lowest BCUT2D eigenvalue weighted by molar-refractivity contribution is -0.181. The summed E-state index contributed by atoms with van der Waals surface area (Å²) in [6.07, 6.45) is 8.35. The number of carbonyl (C=O) groups excluding carboxylic acids is 3. The van der Waals surface area contributed by atoms with Crippen molar-refractivity contribution in [2.75, 3.05) is 6.61 Å². The van der Waals surface area contributed by atoms with Crippen molar-refractivity contribution in [1.29, 1.82) is 0 Å². The van der Waals surface area contributed by atoms with Crippen molar-refractivity contribution in [3.05, 3.63) is 36.0 Å². The van der Waals surface area contributed by atoms with Gasteiger partial charge in [-0.1, -0.05) is 45.1 Å². The summed E-state index contributed by atoms with van der Waals surface area (Å²) in [4.78, 5) is 39.3. The fourth-order valence-corrected chi connectivity index (χ4v) is 8.48. The Morgan fingerprint density at radius 1 is 1.17 bits per heavy atom.